The molecule has 2 aliphatic rings. The number of carbonyl (C=O) groups is 5. The topological polar surface area (TPSA) is 216 Å². The second-order valence-electron chi connectivity index (χ2n) is 12.9. The summed E-state index contributed by atoms with van der Waals surface area (Å²) < 4.78 is 129. The van der Waals surface area contributed by atoms with E-state index in [2.05, 4.69) is 50.6 Å². The molecule has 27 heteroatoms. The zero-order valence-electron chi connectivity index (χ0n) is 31.4. The monoisotopic (exact) mass is 900 g/mol. The van der Waals surface area contributed by atoms with E-state index in [1.54, 1.807) is 12.4 Å². The van der Waals surface area contributed by atoms with Gasteiger partial charge in [0.2, 0.25) is 5.91 Å². The van der Waals surface area contributed by atoms with Crippen molar-refractivity contribution in [3.63, 3.8) is 0 Å². The molecule has 1 amide bonds. The van der Waals surface area contributed by atoms with Crippen LogP contribution in [-0.4, -0.2) is 124 Å². The summed E-state index contributed by atoms with van der Waals surface area (Å²) in [6.07, 6.45) is -11.0. The lowest BCUT2D eigenvalue weighted by atomic mass is 9.70. The van der Waals surface area contributed by atoms with Crippen molar-refractivity contribution >= 4 is 29.8 Å². The van der Waals surface area contributed by atoms with Gasteiger partial charge < -0.3 is 25.3 Å². The van der Waals surface area contributed by atoms with Crippen molar-refractivity contribution < 1.29 is 97.1 Å². The lowest BCUT2D eigenvalue weighted by Gasteiger charge is -2.42. The Morgan fingerprint density at radius 3 is 1.66 bits per heavy atom. The summed E-state index contributed by atoms with van der Waals surface area (Å²) in [5.74, 6) is -10.7. The summed E-state index contributed by atoms with van der Waals surface area (Å²) in [6, 6.07) is 12.4. The van der Waals surface area contributed by atoms with Gasteiger partial charge in [-0.3, -0.25) is 24.3 Å². The van der Waals surface area contributed by atoms with Gasteiger partial charge in [-0.2, -0.15) is 57.8 Å². The van der Waals surface area contributed by atoms with Crippen molar-refractivity contribution in [2.45, 2.75) is 76.4 Å². The molecule has 0 aromatic carbocycles. The number of amides is 1. The first-order valence-corrected chi connectivity index (χ1v) is 16.9. The molecule has 0 radical (unpaired) electrons. The van der Waals surface area contributed by atoms with Crippen LogP contribution >= 0.6 is 0 Å². The van der Waals surface area contributed by atoms with Gasteiger partial charge in [0, 0.05) is 68.6 Å². The smallest absolute Gasteiger partial charge is 0.475 e. The zero-order chi connectivity index (χ0) is 47.1. The fourth-order valence-electron chi connectivity index (χ4n) is 5.70. The third-order valence-electron chi connectivity index (χ3n) is 8.10. The number of hydrogen-bond acceptors (Lipinski definition) is 9. The molecule has 3 aromatic heterocycles. The fourth-order valence-corrected chi connectivity index (χ4v) is 5.70. The van der Waals surface area contributed by atoms with Crippen LogP contribution in [0.3, 0.4) is 0 Å². The summed E-state index contributed by atoms with van der Waals surface area (Å²) in [4.78, 5) is 63.0. The van der Waals surface area contributed by atoms with Crippen molar-refractivity contribution in [2.24, 2.45) is 5.41 Å². The number of nitrogens with zero attached hydrogens (tertiary/aromatic N) is 6. The summed E-state index contributed by atoms with van der Waals surface area (Å²) >= 11 is 0. The minimum Gasteiger partial charge on any atom is -0.475 e. The van der Waals surface area contributed by atoms with Crippen LogP contribution in [0.5, 0.6) is 0 Å². The number of carboxylic acids is 4. The molecule has 0 unspecified atom stereocenters. The van der Waals surface area contributed by atoms with E-state index in [1.807, 2.05) is 41.6 Å². The maximum atomic E-state index is 14.2. The molecule has 61 heavy (non-hydrogen) atoms. The number of aromatic nitrogens is 4. The number of halogens is 12. The molecule has 340 valence electrons. The highest BCUT2D eigenvalue weighted by Gasteiger charge is 2.56. The number of carboxylic acid groups (broad SMARTS) is 4. The predicted molar refractivity (Wildman–Crippen MR) is 181 cm³/mol. The van der Waals surface area contributed by atoms with Crippen molar-refractivity contribution in [1.29, 1.82) is 0 Å². The average molecular weight is 901 g/mol. The molecule has 2 saturated heterocycles. The Morgan fingerprint density at radius 2 is 1.25 bits per heavy atom. The van der Waals surface area contributed by atoms with E-state index < -0.39 is 54.0 Å². The van der Waals surface area contributed by atoms with Crippen molar-refractivity contribution in [2.75, 3.05) is 19.6 Å². The van der Waals surface area contributed by atoms with Crippen molar-refractivity contribution in [3.8, 4) is 0 Å². The first-order chi connectivity index (χ1) is 27.8. The van der Waals surface area contributed by atoms with E-state index >= 15 is 0 Å². The van der Waals surface area contributed by atoms with Crippen LogP contribution in [-0.2, 0) is 37.1 Å². The number of carbonyl (C=O) groups excluding carboxylic acids is 1. The van der Waals surface area contributed by atoms with Gasteiger partial charge in [-0.05, 0) is 56.5 Å². The van der Waals surface area contributed by atoms with Gasteiger partial charge in [-0.25, -0.2) is 19.2 Å². The Labute approximate surface area is 336 Å². The summed E-state index contributed by atoms with van der Waals surface area (Å²) in [7, 11) is 0. The minimum absolute atomic E-state index is 0.109. The molecule has 15 nitrogen and oxygen atoms in total. The predicted octanol–water partition coefficient (Wildman–Crippen LogP) is 6.20. The van der Waals surface area contributed by atoms with Crippen molar-refractivity contribution in [1.82, 2.24) is 29.5 Å². The number of aliphatic carboxylic acids is 4. The Morgan fingerprint density at radius 1 is 0.738 bits per heavy atom. The first kappa shape index (κ1) is 53.0. The van der Waals surface area contributed by atoms with Crippen LogP contribution in [0.1, 0.15) is 55.6 Å². The number of rotatable bonds is 6. The van der Waals surface area contributed by atoms with Gasteiger partial charge in [-0.1, -0.05) is 12.1 Å². The van der Waals surface area contributed by atoms with Crippen LogP contribution in [0.15, 0.2) is 61.2 Å². The molecule has 5 heterocycles. The molecule has 3 aromatic rings. The fraction of sp³-hybridized carbons (Fsp3) is 0.471. The highest BCUT2D eigenvalue weighted by atomic mass is 19.4. The Balaban J connectivity index is 0.000000539. The average Bonchev–Trinajstić information content (AvgIpc) is 3.76. The number of likely N-dealkylation sites (tertiary alicyclic amines) is 2. The molecule has 2 fully saturated rings. The van der Waals surface area contributed by atoms with Gasteiger partial charge in [0.05, 0.1) is 17.7 Å². The van der Waals surface area contributed by atoms with E-state index in [0.29, 0.717) is 6.54 Å². The van der Waals surface area contributed by atoms with Crippen LogP contribution in [0.4, 0.5) is 52.7 Å². The molecule has 2 aliphatic heterocycles. The van der Waals surface area contributed by atoms with E-state index in [4.69, 9.17) is 39.6 Å². The summed E-state index contributed by atoms with van der Waals surface area (Å²) in [5.41, 5.74) is 2.85. The van der Waals surface area contributed by atoms with E-state index in [0.717, 1.165) is 44.7 Å². The van der Waals surface area contributed by atoms with E-state index in [-0.39, 0.29) is 17.9 Å². The second-order valence-corrected chi connectivity index (χ2v) is 12.9. The van der Waals surface area contributed by atoms with Gasteiger partial charge in [0.25, 0.3) is 0 Å². The normalized spacial score (nSPS) is 18.0. The van der Waals surface area contributed by atoms with E-state index in [1.165, 1.54) is 11.3 Å². The Kier molecular flexibility index (Phi) is 19.1. The molecular formula is C34H36F12N6O9. The molecule has 1 spiro atoms. The molecular weight excluding hydrogens is 864 g/mol. The van der Waals surface area contributed by atoms with Crippen LogP contribution in [0, 0.1) is 5.41 Å². The van der Waals surface area contributed by atoms with Gasteiger partial charge in [0.1, 0.15) is 0 Å². The third-order valence-corrected chi connectivity index (χ3v) is 8.10. The second kappa shape index (κ2) is 22.0. The van der Waals surface area contributed by atoms with Crippen LogP contribution < -0.4 is 0 Å². The largest absolute Gasteiger partial charge is 0.490 e. The standard InChI is InChI=1S/C26H32N6O.4C2HF3O2/c1-20(2)32-24(9-13-29-32)23-18-30(16-21-7-5-11-27-15-21)19-26(23)10-6-14-31(25(26)33)17-22-8-3-4-12-28-22;4*3-2(4,5)1(6)7/h3-5,7-9,11-13,15,20,23H,6,10,14,16-19H2,1-2H3;4*(H,6,7)/t23-,26+;;;;/m0..../s1. The maximum absolute atomic E-state index is 14.2. The third kappa shape index (κ3) is 17.2. The SMILES string of the molecule is CC(C)n1nccc1[C@@H]1CN(Cc2cccnc2)C[C@]12CCCN(Cc1ccccn1)C2=O.O=C(O)C(F)(F)F.O=C(O)C(F)(F)F.O=C(O)C(F)(F)F.O=C(O)C(F)(F)F. The molecule has 0 saturated carbocycles. The molecule has 5 rings (SSSR count). The van der Waals surface area contributed by atoms with Crippen molar-refractivity contribution in [3.05, 3.63) is 78.1 Å². The number of alkyl halides is 12. The van der Waals surface area contributed by atoms with E-state index in [9.17, 15) is 57.5 Å². The highest BCUT2D eigenvalue weighted by Crippen LogP contribution is 2.50. The molecule has 2 atom stereocenters. The first-order valence-electron chi connectivity index (χ1n) is 16.9. The minimum atomic E-state index is -5.08. The lowest BCUT2D eigenvalue weighted by Crippen LogP contribution is -2.52. The molecule has 0 bridgehead atoms. The number of hydrogen-bond donors (Lipinski definition) is 4. The van der Waals surface area contributed by atoms with Gasteiger partial charge >= 0.3 is 48.6 Å². The number of piperidine rings is 1. The van der Waals surface area contributed by atoms with Gasteiger partial charge in [-0.15, -0.1) is 0 Å². The van der Waals surface area contributed by atoms with Crippen LogP contribution in [0.2, 0.25) is 0 Å². The van der Waals surface area contributed by atoms with Gasteiger partial charge in [0.15, 0.2) is 0 Å². The molecule has 0 aliphatic carbocycles. The quantitative estimate of drug-likeness (QED) is 0.203. The molecule has 4 N–H and O–H groups in total. The van der Waals surface area contributed by atoms with Crippen LogP contribution in [0.25, 0.3) is 0 Å². The Hall–Kier alpha value is -6.02. The summed E-state index contributed by atoms with van der Waals surface area (Å²) in [5, 5.41) is 33.1. The number of pyridine rings is 2. The maximum Gasteiger partial charge on any atom is 0.490 e. The summed E-state index contributed by atoms with van der Waals surface area (Å²) in [6.45, 7) is 8.07. The highest BCUT2D eigenvalue weighted by molar-refractivity contribution is 5.85. The Bertz CT molecular complexity index is 1800. The lowest BCUT2D eigenvalue weighted by molar-refractivity contribution is -0.193. The zero-order valence-corrected chi connectivity index (χ0v) is 31.4.